The molecule has 0 aliphatic carbocycles. The summed E-state index contributed by atoms with van der Waals surface area (Å²) in [6.45, 7) is 0.712. The number of nitrogens with zero attached hydrogens (tertiary/aromatic N) is 1. The molecular weight excluding hydrogens is 441 g/mol. The third kappa shape index (κ3) is 5.78. The van der Waals surface area contributed by atoms with Crippen LogP contribution in [0.15, 0.2) is 77.7 Å². The first-order chi connectivity index (χ1) is 16.0. The number of anilines is 3. The van der Waals surface area contributed by atoms with Crippen molar-refractivity contribution in [3.63, 3.8) is 0 Å². The molecule has 168 valence electrons. The summed E-state index contributed by atoms with van der Waals surface area (Å²) in [5, 5.41) is 5.57. The predicted octanol–water partition coefficient (Wildman–Crippen LogP) is 4.94. The Bertz CT molecular complexity index is 1170. The summed E-state index contributed by atoms with van der Waals surface area (Å²) in [4.78, 5) is 39.4. The Morgan fingerprint density at radius 1 is 0.909 bits per heavy atom. The molecule has 0 radical (unpaired) electrons. The fourth-order valence-corrected chi connectivity index (χ4v) is 4.35. The van der Waals surface area contributed by atoms with Crippen LogP contribution >= 0.6 is 11.8 Å². The van der Waals surface area contributed by atoms with E-state index in [4.69, 9.17) is 0 Å². The van der Waals surface area contributed by atoms with E-state index in [-0.39, 0.29) is 29.3 Å². The molecule has 8 heteroatoms. The monoisotopic (exact) mass is 463 g/mol. The zero-order chi connectivity index (χ0) is 23.2. The summed E-state index contributed by atoms with van der Waals surface area (Å²) in [6.07, 6.45) is 1.42. The second-order valence-corrected chi connectivity index (χ2v) is 8.51. The normalized spacial score (nSPS) is 13.1. The topological polar surface area (TPSA) is 78.5 Å². The highest BCUT2D eigenvalue weighted by molar-refractivity contribution is 8.00. The van der Waals surface area contributed by atoms with Crippen molar-refractivity contribution in [2.24, 2.45) is 0 Å². The molecule has 1 saturated heterocycles. The van der Waals surface area contributed by atoms with Crippen LogP contribution in [0.2, 0.25) is 0 Å². The van der Waals surface area contributed by atoms with Crippen LogP contribution in [-0.4, -0.2) is 30.0 Å². The van der Waals surface area contributed by atoms with Crippen LogP contribution < -0.4 is 15.5 Å². The number of nitrogens with one attached hydrogen (secondary N) is 2. The first-order valence-corrected chi connectivity index (χ1v) is 11.5. The standard InChI is InChI=1S/C25H22FN3O3S/c26-17-7-9-18(10-8-17)27-23(30)16-33-22-5-2-1-4-21(22)25(32)28-19-11-13-20(14-12-19)29-15-3-6-24(29)31/h1-2,4-5,7-14H,3,6,15-16H2,(H,27,30)(H,28,32). The Kier molecular flexibility index (Phi) is 7.04. The third-order valence-corrected chi connectivity index (χ3v) is 6.20. The van der Waals surface area contributed by atoms with Gasteiger partial charge in [-0.05, 0) is 67.1 Å². The van der Waals surface area contributed by atoms with Crippen molar-refractivity contribution in [1.82, 2.24) is 0 Å². The van der Waals surface area contributed by atoms with Gasteiger partial charge < -0.3 is 15.5 Å². The lowest BCUT2D eigenvalue weighted by atomic mass is 10.2. The van der Waals surface area contributed by atoms with Crippen molar-refractivity contribution >= 4 is 46.5 Å². The molecule has 1 heterocycles. The fourth-order valence-electron chi connectivity index (χ4n) is 3.50. The van der Waals surface area contributed by atoms with E-state index in [2.05, 4.69) is 10.6 Å². The molecule has 33 heavy (non-hydrogen) atoms. The molecule has 0 unspecified atom stereocenters. The molecule has 1 aliphatic rings. The number of amides is 3. The van der Waals surface area contributed by atoms with Gasteiger partial charge in [-0.15, -0.1) is 11.8 Å². The minimum Gasteiger partial charge on any atom is -0.325 e. The molecule has 0 spiro atoms. The van der Waals surface area contributed by atoms with Gasteiger partial charge in [-0.2, -0.15) is 0 Å². The van der Waals surface area contributed by atoms with Crippen molar-refractivity contribution in [2.75, 3.05) is 27.8 Å². The smallest absolute Gasteiger partial charge is 0.256 e. The number of thioether (sulfide) groups is 1. The Hall–Kier alpha value is -3.65. The molecule has 6 nitrogen and oxygen atoms in total. The van der Waals surface area contributed by atoms with Crippen molar-refractivity contribution in [1.29, 1.82) is 0 Å². The summed E-state index contributed by atoms with van der Waals surface area (Å²) >= 11 is 1.24. The molecule has 0 aromatic heterocycles. The molecule has 3 aromatic rings. The zero-order valence-corrected chi connectivity index (χ0v) is 18.5. The predicted molar refractivity (Wildman–Crippen MR) is 128 cm³/mol. The molecular formula is C25H22FN3O3S. The van der Waals surface area contributed by atoms with Gasteiger partial charge in [-0.3, -0.25) is 14.4 Å². The average molecular weight is 464 g/mol. The summed E-state index contributed by atoms with van der Waals surface area (Å²) in [7, 11) is 0. The molecule has 0 atom stereocenters. The maximum Gasteiger partial charge on any atom is 0.256 e. The first kappa shape index (κ1) is 22.5. The maximum atomic E-state index is 13.0. The van der Waals surface area contributed by atoms with Crippen LogP contribution in [0.5, 0.6) is 0 Å². The van der Waals surface area contributed by atoms with Crippen LogP contribution in [-0.2, 0) is 9.59 Å². The Balaban J connectivity index is 1.37. The first-order valence-electron chi connectivity index (χ1n) is 10.5. The largest absolute Gasteiger partial charge is 0.325 e. The van der Waals surface area contributed by atoms with Gasteiger partial charge in [-0.1, -0.05) is 12.1 Å². The summed E-state index contributed by atoms with van der Waals surface area (Å²) in [5.74, 6) is -0.709. The van der Waals surface area contributed by atoms with E-state index in [1.165, 1.54) is 36.0 Å². The lowest BCUT2D eigenvalue weighted by Gasteiger charge is -2.16. The van der Waals surface area contributed by atoms with Gasteiger partial charge in [0, 0.05) is 34.9 Å². The number of halogens is 1. The molecule has 3 amide bonds. The van der Waals surface area contributed by atoms with E-state index < -0.39 is 0 Å². The molecule has 1 aliphatic heterocycles. The number of hydrogen-bond acceptors (Lipinski definition) is 4. The fraction of sp³-hybridized carbons (Fsp3) is 0.160. The second kappa shape index (κ2) is 10.3. The lowest BCUT2D eigenvalue weighted by Crippen LogP contribution is -2.23. The highest BCUT2D eigenvalue weighted by atomic mass is 32.2. The lowest BCUT2D eigenvalue weighted by molar-refractivity contribution is -0.117. The minimum absolute atomic E-state index is 0.0975. The Morgan fingerprint density at radius 3 is 2.27 bits per heavy atom. The molecule has 4 rings (SSSR count). The van der Waals surface area contributed by atoms with Gasteiger partial charge in [0.25, 0.3) is 5.91 Å². The second-order valence-electron chi connectivity index (χ2n) is 7.49. The van der Waals surface area contributed by atoms with E-state index in [1.54, 1.807) is 41.3 Å². The van der Waals surface area contributed by atoms with E-state index >= 15 is 0 Å². The SMILES string of the molecule is O=C(CSc1ccccc1C(=O)Nc1ccc(N2CCCC2=O)cc1)Nc1ccc(F)cc1. The average Bonchev–Trinajstić information content (AvgIpc) is 3.25. The van der Waals surface area contributed by atoms with Crippen molar-refractivity contribution in [3.8, 4) is 0 Å². The molecule has 0 bridgehead atoms. The van der Waals surface area contributed by atoms with Gasteiger partial charge >= 0.3 is 0 Å². The van der Waals surface area contributed by atoms with Crippen molar-refractivity contribution in [3.05, 3.63) is 84.2 Å². The maximum absolute atomic E-state index is 13.0. The van der Waals surface area contributed by atoms with E-state index in [0.29, 0.717) is 34.8 Å². The van der Waals surface area contributed by atoms with Crippen LogP contribution in [0.4, 0.5) is 21.5 Å². The quantitative estimate of drug-likeness (QED) is 0.487. The van der Waals surface area contributed by atoms with Gasteiger partial charge in [-0.25, -0.2) is 4.39 Å². The van der Waals surface area contributed by atoms with E-state index in [0.717, 1.165) is 12.1 Å². The molecule has 3 aromatic carbocycles. The summed E-state index contributed by atoms with van der Waals surface area (Å²) in [6, 6.07) is 19.8. The Labute approximate surface area is 195 Å². The van der Waals surface area contributed by atoms with E-state index in [1.807, 2.05) is 12.1 Å². The van der Waals surface area contributed by atoms with Crippen LogP contribution in [0.3, 0.4) is 0 Å². The molecule has 0 saturated carbocycles. The van der Waals surface area contributed by atoms with Gasteiger partial charge in [0.2, 0.25) is 11.8 Å². The highest BCUT2D eigenvalue weighted by Gasteiger charge is 2.21. The summed E-state index contributed by atoms with van der Waals surface area (Å²) in [5.41, 5.74) is 2.39. The number of benzene rings is 3. The number of rotatable bonds is 7. The number of carbonyl (C=O) groups excluding carboxylic acids is 3. The number of carbonyl (C=O) groups is 3. The zero-order valence-electron chi connectivity index (χ0n) is 17.7. The highest BCUT2D eigenvalue weighted by Crippen LogP contribution is 2.26. The van der Waals surface area contributed by atoms with Crippen molar-refractivity contribution in [2.45, 2.75) is 17.7 Å². The van der Waals surface area contributed by atoms with Crippen LogP contribution in [0.1, 0.15) is 23.2 Å². The Morgan fingerprint density at radius 2 is 1.58 bits per heavy atom. The van der Waals surface area contributed by atoms with E-state index in [9.17, 15) is 18.8 Å². The van der Waals surface area contributed by atoms with Gasteiger partial charge in [0.05, 0.1) is 11.3 Å². The van der Waals surface area contributed by atoms with Crippen LogP contribution in [0, 0.1) is 5.82 Å². The third-order valence-electron chi connectivity index (χ3n) is 5.13. The minimum atomic E-state index is -0.374. The van der Waals surface area contributed by atoms with Crippen LogP contribution in [0.25, 0.3) is 0 Å². The molecule has 2 N–H and O–H groups in total. The van der Waals surface area contributed by atoms with Gasteiger partial charge in [0.1, 0.15) is 5.82 Å². The number of hydrogen-bond donors (Lipinski definition) is 2. The van der Waals surface area contributed by atoms with Gasteiger partial charge in [0.15, 0.2) is 0 Å². The molecule has 1 fully saturated rings. The van der Waals surface area contributed by atoms with Crippen molar-refractivity contribution < 1.29 is 18.8 Å². The summed E-state index contributed by atoms with van der Waals surface area (Å²) < 4.78 is 13.0.